The molecule has 58 valence electrons. The van der Waals surface area contributed by atoms with Gasteiger partial charge in [-0.15, -0.1) is 0 Å². The van der Waals surface area contributed by atoms with Crippen LogP contribution in [0.4, 0.5) is 17.6 Å². The van der Waals surface area contributed by atoms with E-state index in [2.05, 4.69) is 0 Å². The smallest absolute Gasteiger partial charge is 0.427 e. The Balaban J connectivity index is 2.72. The first-order valence-electron chi connectivity index (χ1n) is 2.43. The number of rotatable bonds is 1. The molecular weight excluding hydrogens is 155 g/mol. The summed E-state index contributed by atoms with van der Waals surface area (Å²) in [5.74, 6) is -11.1. The van der Waals surface area contributed by atoms with Crippen molar-refractivity contribution in [3.8, 4) is 0 Å². The zero-order valence-corrected chi connectivity index (χ0v) is 4.56. The molecule has 0 radical (unpaired) electrons. The van der Waals surface area contributed by atoms with Crippen LogP contribution >= 0.6 is 0 Å². The van der Waals surface area contributed by atoms with Gasteiger partial charge < -0.3 is 10.0 Å². The van der Waals surface area contributed by atoms with Crippen LogP contribution < -0.4 is 0 Å². The monoisotopic (exact) mass is 158 g/mol. The van der Waals surface area contributed by atoms with Crippen molar-refractivity contribution >= 4 is 7.12 Å². The van der Waals surface area contributed by atoms with Crippen molar-refractivity contribution in [1.82, 2.24) is 0 Å². The maximum absolute atomic E-state index is 11.8. The molecule has 2 nitrogen and oxygen atoms in total. The minimum absolute atomic E-state index is 2.63. The highest BCUT2D eigenvalue weighted by Crippen LogP contribution is 2.67. The van der Waals surface area contributed by atoms with Crippen LogP contribution in [0.1, 0.15) is 0 Å². The van der Waals surface area contributed by atoms with E-state index in [0.717, 1.165) is 0 Å². The van der Waals surface area contributed by atoms with E-state index in [1.165, 1.54) is 0 Å². The summed E-state index contributed by atoms with van der Waals surface area (Å²) in [5.41, 5.74) is 0. The van der Waals surface area contributed by atoms with Crippen LogP contribution in [0, 0.1) is 0 Å². The van der Waals surface area contributed by atoms with Crippen LogP contribution in [0.5, 0.6) is 0 Å². The lowest BCUT2D eigenvalue weighted by molar-refractivity contribution is -0.0278. The van der Waals surface area contributed by atoms with Gasteiger partial charge in [-0.1, -0.05) is 0 Å². The molecule has 1 fully saturated rings. The molecule has 0 aliphatic heterocycles. The summed E-state index contributed by atoms with van der Waals surface area (Å²) in [6.07, 6.45) is 0. The summed E-state index contributed by atoms with van der Waals surface area (Å²) < 4.78 is 47.0. The van der Waals surface area contributed by atoms with E-state index in [9.17, 15) is 17.6 Å². The lowest BCUT2D eigenvalue weighted by atomic mass is 9.83. The number of halogens is 4. The molecule has 0 aromatic rings. The van der Waals surface area contributed by atoms with Gasteiger partial charge in [0.2, 0.25) is 0 Å². The molecule has 0 aromatic heterocycles. The lowest BCUT2D eigenvalue weighted by Gasteiger charge is -1.88. The van der Waals surface area contributed by atoms with E-state index < -0.39 is 24.8 Å². The maximum atomic E-state index is 11.8. The van der Waals surface area contributed by atoms with Crippen molar-refractivity contribution in [2.24, 2.45) is 0 Å². The third-order valence-electron chi connectivity index (χ3n) is 1.44. The predicted molar refractivity (Wildman–Crippen MR) is 23.8 cm³/mol. The molecule has 0 aromatic carbocycles. The predicted octanol–water partition coefficient (Wildman–Crippen LogP) is 0.114. The van der Waals surface area contributed by atoms with Crippen LogP contribution in [0.3, 0.4) is 0 Å². The second-order valence-corrected chi connectivity index (χ2v) is 2.14. The fourth-order valence-electron chi connectivity index (χ4n) is 0.740. The Kier molecular flexibility index (Phi) is 1.29. The fourth-order valence-corrected chi connectivity index (χ4v) is 0.740. The Morgan fingerprint density at radius 3 is 1.30 bits per heavy atom. The highest BCUT2D eigenvalue weighted by molar-refractivity contribution is 6.45. The van der Waals surface area contributed by atoms with Gasteiger partial charge in [0.1, 0.15) is 5.82 Å². The van der Waals surface area contributed by atoms with Gasteiger partial charge in [-0.2, -0.15) is 17.6 Å². The van der Waals surface area contributed by atoms with Crippen molar-refractivity contribution in [1.29, 1.82) is 0 Å². The zero-order valence-electron chi connectivity index (χ0n) is 4.56. The molecule has 0 heterocycles. The van der Waals surface area contributed by atoms with Crippen LogP contribution in [-0.4, -0.2) is 29.0 Å². The highest BCUT2D eigenvalue weighted by atomic mass is 19.3. The number of alkyl halides is 4. The van der Waals surface area contributed by atoms with Gasteiger partial charge in [-0.05, 0) is 0 Å². The van der Waals surface area contributed by atoms with E-state index in [-0.39, 0.29) is 0 Å². The molecule has 0 saturated heterocycles. The third kappa shape index (κ3) is 0.672. The molecule has 1 rings (SSSR count). The summed E-state index contributed by atoms with van der Waals surface area (Å²) >= 11 is 0. The molecule has 10 heavy (non-hydrogen) atoms. The first-order valence-corrected chi connectivity index (χ1v) is 2.43. The first-order chi connectivity index (χ1) is 4.32. The molecule has 0 unspecified atom stereocenters. The third-order valence-corrected chi connectivity index (χ3v) is 1.44. The van der Waals surface area contributed by atoms with Gasteiger partial charge in [0, 0.05) is 0 Å². The SMILES string of the molecule is OB(O)C1C(F)(F)C1(F)F. The van der Waals surface area contributed by atoms with E-state index in [4.69, 9.17) is 10.0 Å². The molecule has 0 atom stereocenters. The lowest BCUT2D eigenvalue weighted by Crippen LogP contribution is -2.15. The van der Waals surface area contributed by atoms with Gasteiger partial charge in [-0.3, -0.25) is 0 Å². The molecule has 1 saturated carbocycles. The molecule has 0 spiro atoms. The van der Waals surface area contributed by atoms with Crippen LogP contribution in [0.25, 0.3) is 0 Å². The molecular formula is C3H3BF4O2. The van der Waals surface area contributed by atoms with Crippen molar-refractivity contribution < 1.29 is 27.6 Å². The fraction of sp³-hybridized carbons (Fsp3) is 1.00. The summed E-state index contributed by atoms with van der Waals surface area (Å²) in [6, 6.07) is 0. The van der Waals surface area contributed by atoms with Crippen molar-refractivity contribution in [2.75, 3.05) is 0 Å². The number of hydrogen-bond acceptors (Lipinski definition) is 2. The Bertz CT molecular complexity index is 145. The Morgan fingerprint density at radius 2 is 1.30 bits per heavy atom. The minimum atomic E-state index is -4.25. The Hall–Kier alpha value is -0.295. The summed E-state index contributed by atoms with van der Waals surface area (Å²) in [4.78, 5) is 0. The average Bonchev–Trinajstić information content (AvgIpc) is 1.97. The van der Waals surface area contributed by atoms with E-state index in [1.807, 2.05) is 0 Å². The Labute approximate surface area is 53.6 Å². The summed E-state index contributed by atoms with van der Waals surface area (Å²) in [5, 5.41) is 15.9. The second kappa shape index (κ2) is 1.65. The van der Waals surface area contributed by atoms with Gasteiger partial charge in [0.05, 0.1) is 0 Å². The first kappa shape index (κ1) is 7.81. The zero-order chi connectivity index (χ0) is 8.15. The van der Waals surface area contributed by atoms with Gasteiger partial charge >= 0.3 is 19.0 Å². The second-order valence-electron chi connectivity index (χ2n) is 2.14. The topological polar surface area (TPSA) is 40.5 Å². The Morgan fingerprint density at radius 1 is 1.00 bits per heavy atom. The highest BCUT2D eigenvalue weighted by Gasteiger charge is 2.88. The van der Waals surface area contributed by atoms with Gasteiger partial charge in [0.15, 0.2) is 0 Å². The molecule has 1 aliphatic carbocycles. The normalized spacial score (nSPS) is 28.2. The molecule has 2 N–H and O–H groups in total. The summed E-state index contributed by atoms with van der Waals surface area (Å²) in [6.45, 7) is 0. The molecule has 0 bridgehead atoms. The maximum Gasteiger partial charge on any atom is 0.467 e. The average molecular weight is 158 g/mol. The summed E-state index contributed by atoms with van der Waals surface area (Å²) in [7, 11) is -2.65. The molecule has 1 aliphatic rings. The van der Waals surface area contributed by atoms with E-state index >= 15 is 0 Å². The van der Waals surface area contributed by atoms with Crippen LogP contribution in [0.2, 0.25) is 5.82 Å². The van der Waals surface area contributed by atoms with Gasteiger partial charge in [-0.25, -0.2) is 0 Å². The van der Waals surface area contributed by atoms with Crippen LogP contribution in [0.15, 0.2) is 0 Å². The largest absolute Gasteiger partial charge is 0.467 e. The number of hydrogen-bond donors (Lipinski definition) is 2. The van der Waals surface area contributed by atoms with E-state index in [0.29, 0.717) is 0 Å². The van der Waals surface area contributed by atoms with Crippen LogP contribution in [-0.2, 0) is 0 Å². The molecule has 7 heteroatoms. The quantitative estimate of drug-likeness (QED) is 0.420. The molecule has 0 amide bonds. The van der Waals surface area contributed by atoms with Crippen molar-refractivity contribution in [2.45, 2.75) is 17.7 Å². The van der Waals surface area contributed by atoms with Gasteiger partial charge in [0.25, 0.3) is 0 Å². The minimum Gasteiger partial charge on any atom is -0.427 e. The van der Waals surface area contributed by atoms with Crippen molar-refractivity contribution in [3.63, 3.8) is 0 Å². The van der Waals surface area contributed by atoms with E-state index in [1.54, 1.807) is 0 Å². The van der Waals surface area contributed by atoms with Crippen molar-refractivity contribution in [3.05, 3.63) is 0 Å². The standard InChI is InChI=1S/C3H3BF4O2/c5-2(6)1(4(9)10)3(2,7)8/h1,9-10H.